The minimum atomic E-state index is -0.828. The first-order valence-corrected chi connectivity index (χ1v) is 7.27. The molecule has 1 aromatic heterocycles. The number of amides is 1. The van der Waals surface area contributed by atoms with Gasteiger partial charge in [-0.05, 0) is 25.2 Å². The molecule has 1 heterocycles. The van der Waals surface area contributed by atoms with E-state index in [1.807, 2.05) is 14.0 Å². The van der Waals surface area contributed by atoms with E-state index >= 15 is 0 Å². The summed E-state index contributed by atoms with van der Waals surface area (Å²) >= 11 is 0. The molecular weight excluding hydrogens is 272 g/mol. The van der Waals surface area contributed by atoms with Gasteiger partial charge in [-0.25, -0.2) is 0 Å². The average molecular weight is 294 g/mol. The van der Waals surface area contributed by atoms with Gasteiger partial charge in [0.25, 0.3) is 0 Å². The molecule has 1 aliphatic carbocycles. The third kappa shape index (κ3) is 3.80. The molecule has 1 unspecified atom stereocenters. The molecule has 7 nitrogen and oxygen atoms in total. The van der Waals surface area contributed by atoms with Gasteiger partial charge >= 0.3 is 5.97 Å². The summed E-state index contributed by atoms with van der Waals surface area (Å²) < 4.78 is 1.76. The molecule has 1 aromatic rings. The number of carboxylic acids is 1. The van der Waals surface area contributed by atoms with Gasteiger partial charge in [0.15, 0.2) is 5.82 Å². The number of hydrogen-bond acceptors (Lipinski definition) is 4. The highest BCUT2D eigenvalue weighted by atomic mass is 16.4. The lowest BCUT2D eigenvalue weighted by molar-refractivity contribution is -0.140. The van der Waals surface area contributed by atoms with E-state index in [0.29, 0.717) is 5.82 Å². The highest BCUT2D eigenvalue weighted by Gasteiger charge is 2.38. The van der Waals surface area contributed by atoms with Crippen LogP contribution in [0.15, 0.2) is 6.33 Å². The molecule has 21 heavy (non-hydrogen) atoms. The van der Waals surface area contributed by atoms with Gasteiger partial charge in [-0.15, -0.1) is 10.2 Å². The summed E-state index contributed by atoms with van der Waals surface area (Å²) in [5.74, 6) is -0.262. The molecule has 0 radical (unpaired) electrons. The van der Waals surface area contributed by atoms with Gasteiger partial charge in [0, 0.05) is 13.5 Å². The topological polar surface area (TPSA) is 97.1 Å². The van der Waals surface area contributed by atoms with Crippen molar-refractivity contribution in [2.45, 2.75) is 51.5 Å². The van der Waals surface area contributed by atoms with Crippen LogP contribution in [0.4, 0.5) is 0 Å². The van der Waals surface area contributed by atoms with Crippen LogP contribution in [-0.2, 0) is 16.6 Å². The molecule has 2 rings (SSSR count). The van der Waals surface area contributed by atoms with Crippen molar-refractivity contribution in [2.75, 3.05) is 0 Å². The van der Waals surface area contributed by atoms with Crippen LogP contribution < -0.4 is 5.32 Å². The number of rotatable bonds is 6. The molecule has 0 bridgehead atoms. The number of hydrogen-bond donors (Lipinski definition) is 2. The largest absolute Gasteiger partial charge is 0.481 e. The third-order valence-electron chi connectivity index (χ3n) is 4.24. The second-order valence-electron chi connectivity index (χ2n) is 6.04. The molecule has 2 N–H and O–H groups in total. The summed E-state index contributed by atoms with van der Waals surface area (Å²) in [7, 11) is 1.82. The summed E-state index contributed by atoms with van der Waals surface area (Å²) in [5, 5.41) is 19.7. The van der Waals surface area contributed by atoms with Crippen LogP contribution in [0.25, 0.3) is 0 Å². The van der Waals surface area contributed by atoms with Crippen LogP contribution in [0.5, 0.6) is 0 Å². The van der Waals surface area contributed by atoms with Crippen molar-refractivity contribution in [1.29, 1.82) is 0 Å². The Hall–Kier alpha value is -1.92. The molecule has 1 atom stereocenters. The van der Waals surface area contributed by atoms with Crippen LogP contribution >= 0.6 is 0 Å². The van der Waals surface area contributed by atoms with Gasteiger partial charge in [-0.3, -0.25) is 9.59 Å². The maximum absolute atomic E-state index is 12.2. The second-order valence-corrected chi connectivity index (χ2v) is 6.04. The zero-order chi connectivity index (χ0) is 15.5. The minimum absolute atomic E-state index is 0.0682. The monoisotopic (exact) mass is 294 g/mol. The molecule has 116 valence electrons. The number of nitrogens with zero attached hydrogens (tertiary/aromatic N) is 3. The van der Waals surface area contributed by atoms with E-state index in [4.69, 9.17) is 5.11 Å². The van der Waals surface area contributed by atoms with Crippen molar-refractivity contribution in [3.8, 4) is 0 Å². The highest BCUT2D eigenvalue weighted by Crippen LogP contribution is 2.44. The van der Waals surface area contributed by atoms with E-state index in [9.17, 15) is 9.59 Å². The summed E-state index contributed by atoms with van der Waals surface area (Å²) in [4.78, 5) is 23.3. The minimum Gasteiger partial charge on any atom is -0.481 e. The van der Waals surface area contributed by atoms with Gasteiger partial charge < -0.3 is 15.0 Å². The van der Waals surface area contributed by atoms with Crippen LogP contribution in [-0.4, -0.2) is 31.7 Å². The van der Waals surface area contributed by atoms with Crippen LogP contribution in [0.1, 0.15) is 57.3 Å². The Morgan fingerprint density at radius 2 is 2.10 bits per heavy atom. The highest BCUT2D eigenvalue weighted by molar-refractivity contribution is 5.78. The van der Waals surface area contributed by atoms with Gasteiger partial charge in [0.1, 0.15) is 6.33 Å². The lowest BCUT2D eigenvalue weighted by atomic mass is 9.79. The fraction of sp³-hybridized carbons (Fsp3) is 0.714. The molecule has 0 aliphatic heterocycles. The number of carbonyl (C=O) groups excluding carboxylic acids is 1. The number of carboxylic acid groups (broad SMARTS) is 1. The summed E-state index contributed by atoms with van der Waals surface area (Å²) in [6.07, 6.45) is 5.54. The zero-order valence-electron chi connectivity index (χ0n) is 12.5. The second kappa shape index (κ2) is 6.24. The van der Waals surface area contributed by atoms with Crippen LogP contribution in [0.2, 0.25) is 0 Å². The van der Waals surface area contributed by atoms with Gasteiger partial charge in [-0.2, -0.15) is 0 Å². The number of aromatic nitrogens is 3. The standard InChI is InChI=1S/C14H22N4O3/c1-10(13-17-15-9-18(13)2)16-11(19)7-14(8-12(20)21)5-3-4-6-14/h9-10H,3-8H2,1-2H3,(H,16,19)(H,20,21). The van der Waals surface area contributed by atoms with Crippen molar-refractivity contribution < 1.29 is 14.7 Å². The smallest absolute Gasteiger partial charge is 0.303 e. The molecule has 7 heteroatoms. The Morgan fingerprint density at radius 1 is 1.43 bits per heavy atom. The van der Waals surface area contributed by atoms with Crippen molar-refractivity contribution in [3.05, 3.63) is 12.2 Å². The SMILES string of the molecule is CC(NC(=O)CC1(CC(=O)O)CCCC1)c1nncn1C. The Bertz CT molecular complexity index is 520. The van der Waals surface area contributed by atoms with Crippen LogP contribution in [0, 0.1) is 5.41 Å². The molecule has 0 spiro atoms. The first-order valence-electron chi connectivity index (χ1n) is 7.27. The first kappa shape index (κ1) is 15.5. The molecule has 0 saturated heterocycles. The van der Waals surface area contributed by atoms with E-state index < -0.39 is 5.97 Å². The predicted molar refractivity (Wildman–Crippen MR) is 75.3 cm³/mol. The molecular formula is C14H22N4O3. The van der Waals surface area contributed by atoms with Gasteiger partial charge in [0.05, 0.1) is 12.5 Å². The van der Waals surface area contributed by atoms with Crippen molar-refractivity contribution in [2.24, 2.45) is 12.5 Å². The predicted octanol–water partition coefficient (Wildman–Crippen LogP) is 1.42. The Kier molecular flexibility index (Phi) is 4.59. The Labute approximate surface area is 123 Å². The average Bonchev–Trinajstić information content (AvgIpc) is 2.97. The van der Waals surface area contributed by atoms with E-state index in [1.54, 1.807) is 10.9 Å². The van der Waals surface area contributed by atoms with E-state index in [-0.39, 0.29) is 30.2 Å². The number of nitrogens with one attached hydrogen (secondary N) is 1. The lowest BCUT2D eigenvalue weighted by Crippen LogP contribution is -2.34. The fourth-order valence-electron chi connectivity index (χ4n) is 3.24. The first-order chi connectivity index (χ1) is 9.92. The summed E-state index contributed by atoms with van der Waals surface area (Å²) in [6, 6.07) is -0.242. The maximum atomic E-state index is 12.2. The molecule has 1 amide bonds. The quantitative estimate of drug-likeness (QED) is 0.827. The zero-order valence-corrected chi connectivity index (χ0v) is 12.5. The Balaban J connectivity index is 1.97. The number of carbonyl (C=O) groups is 2. The van der Waals surface area contributed by atoms with Gasteiger partial charge in [0.2, 0.25) is 5.91 Å². The van der Waals surface area contributed by atoms with Crippen molar-refractivity contribution in [1.82, 2.24) is 20.1 Å². The normalized spacial score (nSPS) is 18.4. The number of aryl methyl sites for hydroxylation is 1. The molecule has 1 aliphatic rings. The van der Waals surface area contributed by atoms with Crippen molar-refractivity contribution >= 4 is 11.9 Å². The summed E-state index contributed by atoms with van der Waals surface area (Å²) in [6.45, 7) is 1.85. The molecule has 1 fully saturated rings. The van der Waals surface area contributed by atoms with Crippen LogP contribution in [0.3, 0.4) is 0 Å². The molecule has 1 saturated carbocycles. The lowest BCUT2D eigenvalue weighted by Gasteiger charge is -2.27. The summed E-state index contributed by atoms with van der Waals surface area (Å²) in [5.41, 5.74) is -0.379. The fourth-order valence-corrected chi connectivity index (χ4v) is 3.24. The third-order valence-corrected chi connectivity index (χ3v) is 4.24. The maximum Gasteiger partial charge on any atom is 0.303 e. The Morgan fingerprint density at radius 3 is 2.62 bits per heavy atom. The molecule has 0 aromatic carbocycles. The van der Waals surface area contributed by atoms with E-state index in [0.717, 1.165) is 25.7 Å². The van der Waals surface area contributed by atoms with E-state index in [1.165, 1.54) is 0 Å². The van der Waals surface area contributed by atoms with E-state index in [2.05, 4.69) is 15.5 Å². The van der Waals surface area contributed by atoms with Crippen molar-refractivity contribution in [3.63, 3.8) is 0 Å². The van der Waals surface area contributed by atoms with Gasteiger partial charge in [-0.1, -0.05) is 12.8 Å². The number of aliphatic carboxylic acids is 1.